The van der Waals surface area contributed by atoms with Crippen LogP contribution in [0.4, 0.5) is 0 Å². The molecule has 3 rings (SSSR count). The highest BCUT2D eigenvalue weighted by Gasteiger charge is 2.36. The molecule has 0 radical (unpaired) electrons. The maximum Gasteiger partial charge on any atom is 0.214 e. The molecule has 0 amide bonds. The highest BCUT2D eigenvalue weighted by molar-refractivity contribution is 7.90. The quantitative estimate of drug-likeness (QED) is 0.892. The second-order valence-electron chi connectivity index (χ2n) is 5.00. The number of rotatable bonds is 4. The fraction of sp³-hybridized carbons (Fsp3) is 0.538. The molecule has 1 aromatic rings. The van der Waals surface area contributed by atoms with E-state index in [9.17, 15) is 8.42 Å². The van der Waals surface area contributed by atoms with Gasteiger partial charge in [-0.05, 0) is 24.0 Å². The molecular formula is C13H17NO3S. The lowest BCUT2D eigenvalue weighted by Crippen LogP contribution is -2.38. The second-order valence-corrected chi connectivity index (χ2v) is 7.04. The third-order valence-electron chi connectivity index (χ3n) is 3.52. The molecular weight excluding hydrogens is 250 g/mol. The SMILES string of the molecule is O=S(=O)(NCC1Cc2ccccc2CO1)C1CC1. The zero-order chi connectivity index (χ0) is 12.6. The normalized spacial score (nSPS) is 23.7. The Bertz CT molecular complexity index is 537. The lowest BCUT2D eigenvalue weighted by Gasteiger charge is -2.25. The Morgan fingerprint density at radius 1 is 1.22 bits per heavy atom. The molecule has 1 aromatic carbocycles. The lowest BCUT2D eigenvalue weighted by molar-refractivity contribution is 0.0322. The summed E-state index contributed by atoms with van der Waals surface area (Å²) in [7, 11) is -3.09. The third-order valence-corrected chi connectivity index (χ3v) is 5.43. The summed E-state index contributed by atoms with van der Waals surface area (Å²) in [5, 5.41) is -0.159. The number of hydrogen-bond acceptors (Lipinski definition) is 3. The van der Waals surface area contributed by atoms with Crippen molar-refractivity contribution < 1.29 is 13.2 Å². The van der Waals surface area contributed by atoms with Gasteiger partial charge in [0.25, 0.3) is 0 Å². The first kappa shape index (κ1) is 12.1. The molecule has 1 saturated carbocycles. The monoisotopic (exact) mass is 267 g/mol. The van der Waals surface area contributed by atoms with Crippen LogP contribution in [-0.2, 0) is 27.8 Å². The van der Waals surface area contributed by atoms with E-state index >= 15 is 0 Å². The Morgan fingerprint density at radius 2 is 1.94 bits per heavy atom. The molecule has 5 heteroatoms. The van der Waals surface area contributed by atoms with Gasteiger partial charge in [-0.2, -0.15) is 0 Å². The molecule has 1 fully saturated rings. The molecule has 2 aliphatic rings. The first-order valence-corrected chi connectivity index (χ1v) is 7.86. The minimum absolute atomic E-state index is 0.0478. The second kappa shape index (κ2) is 4.64. The van der Waals surface area contributed by atoms with Crippen LogP contribution in [0.2, 0.25) is 0 Å². The van der Waals surface area contributed by atoms with Gasteiger partial charge in [-0.1, -0.05) is 24.3 Å². The van der Waals surface area contributed by atoms with Gasteiger partial charge in [-0.25, -0.2) is 13.1 Å². The zero-order valence-electron chi connectivity index (χ0n) is 10.1. The molecule has 1 aliphatic heterocycles. The molecule has 0 spiro atoms. The summed E-state index contributed by atoms with van der Waals surface area (Å²) in [6, 6.07) is 8.15. The molecule has 1 unspecified atom stereocenters. The van der Waals surface area contributed by atoms with E-state index in [1.165, 1.54) is 11.1 Å². The molecule has 4 nitrogen and oxygen atoms in total. The standard InChI is InChI=1S/C13H17NO3S/c15-18(16,13-5-6-13)14-8-12-7-10-3-1-2-4-11(10)9-17-12/h1-4,12-14H,5-9H2. The number of fused-ring (bicyclic) bond motifs is 1. The molecule has 0 aromatic heterocycles. The number of ether oxygens (including phenoxy) is 1. The van der Waals surface area contributed by atoms with E-state index in [1.54, 1.807) is 0 Å². The highest BCUT2D eigenvalue weighted by Crippen LogP contribution is 2.27. The van der Waals surface area contributed by atoms with Crippen LogP contribution in [0, 0.1) is 0 Å². The Morgan fingerprint density at radius 3 is 2.67 bits per heavy atom. The number of hydrogen-bond donors (Lipinski definition) is 1. The van der Waals surface area contributed by atoms with Crippen molar-refractivity contribution in [3.8, 4) is 0 Å². The summed E-state index contributed by atoms with van der Waals surface area (Å²) in [5.74, 6) is 0. The Hall–Kier alpha value is -0.910. The van der Waals surface area contributed by atoms with Gasteiger partial charge in [-0.3, -0.25) is 0 Å². The van der Waals surface area contributed by atoms with Gasteiger partial charge >= 0.3 is 0 Å². The van der Waals surface area contributed by atoms with Gasteiger partial charge in [0.1, 0.15) is 0 Å². The van der Waals surface area contributed by atoms with Crippen molar-refractivity contribution in [1.82, 2.24) is 4.72 Å². The molecule has 1 aliphatic carbocycles. The van der Waals surface area contributed by atoms with E-state index in [0.717, 1.165) is 19.3 Å². The summed E-state index contributed by atoms with van der Waals surface area (Å²) in [5.41, 5.74) is 2.47. The van der Waals surface area contributed by atoms with E-state index in [-0.39, 0.29) is 11.4 Å². The van der Waals surface area contributed by atoms with Crippen molar-refractivity contribution in [2.75, 3.05) is 6.54 Å². The molecule has 98 valence electrons. The van der Waals surface area contributed by atoms with E-state index in [0.29, 0.717) is 13.2 Å². The van der Waals surface area contributed by atoms with Gasteiger partial charge < -0.3 is 4.74 Å². The van der Waals surface area contributed by atoms with Gasteiger partial charge in [0.2, 0.25) is 10.0 Å². The van der Waals surface area contributed by atoms with Gasteiger partial charge in [0.15, 0.2) is 0 Å². The van der Waals surface area contributed by atoms with Crippen LogP contribution in [0.3, 0.4) is 0 Å². The Balaban J connectivity index is 1.60. The minimum Gasteiger partial charge on any atom is -0.372 e. The maximum absolute atomic E-state index is 11.7. The number of sulfonamides is 1. The fourth-order valence-electron chi connectivity index (χ4n) is 2.25. The van der Waals surface area contributed by atoms with Crippen molar-refractivity contribution in [2.24, 2.45) is 0 Å². The smallest absolute Gasteiger partial charge is 0.214 e. The van der Waals surface area contributed by atoms with Crippen LogP contribution >= 0.6 is 0 Å². The lowest BCUT2D eigenvalue weighted by atomic mass is 9.99. The first-order valence-electron chi connectivity index (χ1n) is 6.32. The van der Waals surface area contributed by atoms with E-state index < -0.39 is 10.0 Å². The van der Waals surface area contributed by atoms with Crippen LogP contribution in [0.1, 0.15) is 24.0 Å². The number of nitrogens with one attached hydrogen (secondary N) is 1. The molecule has 1 N–H and O–H groups in total. The van der Waals surface area contributed by atoms with Gasteiger partial charge in [0.05, 0.1) is 18.0 Å². The first-order chi connectivity index (χ1) is 8.65. The summed E-state index contributed by atoms with van der Waals surface area (Å²) in [4.78, 5) is 0. The largest absolute Gasteiger partial charge is 0.372 e. The topological polar surface area (TPSA) is 55.4 Å². The van der Waals surface area contributed by atoms with Crippen molar-refractivity contribution in [3.05, 3.63) is 35.4 Å². The van der Waals surface area contributed by atoms with Crippen molar-refractivity contribution >= 4 is 10.0 Å². The predicted octanol–water partition coefficient (Wildman–Crippen LogP) is 1.21. The number of benzene rings is 1. The predicted molar refractivity (Wildman–Crippen MR) is 68.7 cm³/mol. The van der Waals surface area contributed by atoms with Crippen LogP contribution in [-0.4, -0.2) is 26.3 Å². The summed E-state index contributed by atoms with van der Waals surface area (Å²) in [6.07, 6.45) is 2.32. The average molecular weight is 267 g/mol. The van der Waals surface area contributed by atoms with Crippen molar-refractivity contribution in [3.63, 3.8) is 0 Å². The van der Waals surface area contributed by atoms with Crippen molar-refractivity contribution in [1.29, 1.82) is 0 Å². The van der Waals surface area contributed by atoms with Gasteiger partial charge in [0, 0.05) is 13.0 Å². The summed E-state index contributed by atoms with van der Waals surface area (Å²) >= 11 is 0. The Labute approximate surface area is 107 Å². The minimum atomic E-state index is -3.09. The van der Waals surface area contributed by atoms with E-state index in [2.05, 4.69) is 16.9 Å². The highest BCUT2D eigenvalue weighted by atomic mass is 32.2. The van der Waals surface area contributed by atoms with Gasteiger partial charge in [-0.15, -0.1) is 0 Å². The van der Waals surface area contributed by atoms with Crippen LogP contribution in [0.25, 0.3) is 0 Å². The van der Waals surface area contributed by atoms with Crippen molar-refractivity contribution in [2.45, 2.75) is 37.2 Å². The molecule has 18 heavy (non-hydrogen) atoms. The molecule has 0 saturated heterocycles. The molecule has 1 atom stereocenters. The fourth-order valence-corrected chi connectivity index (χ4v) is 3.66. The summed E-state index contributed by atoms with van der Waals surface area (Å²) < 4.78 is 31.8. The zero-order valence-corrected chi connectivity index (χ0v) is 10.9. The third kappa shape index (κ3) is 2.58. The summed E-state index contributed by atoms with van der Waals surface area (Å²) in [6.45, 7) is 0.958. The average Bonchev–Trinajstić information content (AvgIpc) is 3.21. The molecule has 1 heterocycles. The van der Waals surface area contributed by atoms with Crippen LogP contribution < -0.4 is 4.72 Å². The molecule has 0 bridgehead atoms. The van der Waals surface area contributed by atoms with E-state index in [4.69, 9.17) is 4.74 Å². The van der Waals surface area contributed by atoms with Crippen LogP contribution in [0.15, 0.2) is 24.3 Å². The maximum atomic E-state index is 11.7. The van der Waals surface area contributed by atoms with Crippen LogP contribution in [0.5, 0.6) is 0 Å². The Kier molecular flexibility index (Phi) is 3.13. The van der Waals surface area contributed by atoms with E-state index in [1.807, 2.05) is 12.1 Å².